The molecule has 0 radical (unpaired) electrons. The van der Waals surface area contributed by atoms with Crippen molar-refractivity contribution in [1.82, 2.24) is 10.3 Å². The zero-order chi connectivity index (χ0) is 14.9. The Morgan fingerprint density at radius 2 is 2.23 bits per heavy atom. The monoisotopic (exact) mass is 310 g/mol. The molecular formula is C17H14N2O2S. The number of benzene rings is 2. The summed E-state index contributed by atoms with van der Waals surface area (Å²) in [6, 6.07) is 11.7. The smallest absolute Gasteiger partial charge is 0.251 e. The molecule has 0 bridgehead atoms. The summed E-state index contributed by atoms with van der Waals surface area (Å²) in [7, 11) is 0. The lowest BCUT2D eigenvalue weighted by Crippen LogP contribution is -2.22. The molecule has 3 aromatic rings. The number of ether oxygens (including phenoxy) is 1. The van der Waals surface area contributed by atoms with Crippen molar-refractivity contribution in [3.63, 3.8) is 0 Å². The van der Waals surface area contributed by atoms with Gasteiger partial charge in [-0.25, -0.2) is 4.98 Å². The minimum Gasteiger partial charge on any atom is -0.493 e. The summed E-state index contributed by atoms with van der Waals surface area (Å²) in [5.74, 6) is 0.901. The van der Waals surface area contributed by atoms with Crippen LogP contribution in [0, 0.1) is 0 Å². The van der Waals surface area contributed by atoms with E-state index in [0.29, 0.717) is 12.1 Å². The van der Waals surface area contributed by atoms with Crippen molar-refractivity contribution < 1.29 is 9.53 Å². The number of aromatic nitrogens is 1. The Hall–Kier alpha value is -2.40. The minimum absolute atomic E-state index is 0.0629. The molecule has 0 saturated heterocycles. The average molecular weight is 310 g/mol. The van der Waals surface area contributed by atoms with E-state index in [4.69, 9.17) is 4.74 Å². The predicted molar refractivity (Wildman–Crippen MR) is 86.4 cm³/mol. The van der Waals surface area contributed by atoms with Gasteiger partial charge in [-0.05, 0) is 35.4 Å². The van der Waals surface area contributed by atoms with Gasteiger partial charge in [-0.2, -0.15) is 0 Å². The molecule has 1 amide bonds. The SMILES string of the molecule is O=C(NCc1ccc2c(c1)CCO2)c1ccc2ncsc2c1. The Morgan fingerprint density at radius 3 is 3.18 bits per heavy atom. The average Bonchev–Trinajstić information content (AvgIpc) is 3.19. The molecule has 22 heavy (non-hydrogen) atoms. The highest BCUT2D eigenvalue weighted by molar-refractivity contribution is 7.16. The van der Waals surface area contributed by atoms with Crippen LogP contribution in [0.4, 0.5) is 0 Å². The lowest BCUT2D eigenvalue weighted by atomic mass is 10.1. The van der Waals surface area contributed by atoms with Gasteiger partial charge in [-0.3, -0.25) is 4.79 Å². The number of nitrogens with one attached hydrogen (secondary N) is 1. The molecule has 0 unspecified atom stereocenters. The Balaban J connectivity index is 1.47. The van der Waals surface area contributed by atoms with Crippen LogP contribution in [0.3, 0.4) is 0 Å². The van der Waals surface area contributed by atoms with E-state index < -0.39 is 0 Å². The summed E-state index contributed by atoms with van der Waals surface area (Å²) in [5.41, 5.74) is 5.70. The number of rotatable bonds is 3. The zero-order valence-corrected chi connectivity index (χ0v) is 12.7. The number of hydrogen-bond donors (Lipinski definition) is 1. The fourth-order valence-electron chi connectivity index (χ4n) is 2.63. The molecule has 110 valence electrons. The van der Waals surface area contributed by atoms with E-state index in [2.05, 4.69) is 16.4 Å². The third-order valence-electron chi connectivity index (χ3n) is 3.80. The first kappa shape index (κ1) is 13.3. The summed E-state index contributed by atoms with van der Waals surface area (Å²) in [6.07, 6.45) is 0.944. The van der Waals surface area contributed by atoms with Crippen LogP contribution in [0.2, 0.25) is 0 Å². The van der Waals surface area contributed by atoms with E-state index >= 15 is 0 Å². The van der Waals surface area contributed by atoms with Crippen molar-refractivity contribution in [3.8, 4) is 5.75 Å². The van der Waals surface area contributed by atoms with Gasteiger partial charge < -0.3 is 10.1 Å². The van der Waals surface area contributed by atoms with Crippen molar-refractivity contribution >= 4 is 27.5 Å². The number of amides is 1. The molecule has 2 aromatic carbocycles. The van der Waals surface area contributed by atoms with Gasteiger partial charge in [0.05, 0.1) is 22.3 Å². The second kappa shape index (κ2) is 5.42. The van der Waals surface area contributed by atoms with E-state index in [1.165, 1.54) is 5.56 Å². The van der Waals surface area contributed by atoms with Crippen LogP contribution < -0.4 is 10.1 Å². The van der Waals surface area contributed by atoms with E-state index in [1.54, 1.807) is 16.8 Å². The van der Waals surface area contributed by atoms with Crippen molar-refractivity contribution in [2.45, 2.75) is 13.0 Å². The van der Waals surface area contributed by atoms with Gasteiger partial charge >= 0.3 is 0 Å². The highest BCUT2D eigenvalue weighted by Gasteiger charge is 2.12. The van der Waals surface area contributed by atoms with Crippen LogP contribution in [-0.2, 0) is 13.0 Å². The Morgan fingerprint density at radius 1 is 1.27 bits per heavy atom. The van der Waals surface area contributed by atoms with Crippen LogP contribution >= 0.6 is 11.3 Å². The van der Waals surface area contributed by atoms with E-state index in [0.717, 1.165) is 34.6 Å². The maximum Gasteiger partial charge on any atom is 0.251 e. The molecule has 4 rings (SSSR count). The summed E-state index contributed by atoms with van der Waals surface area (Å²) in [6.45, 7) is 1.27. The van der Waals surface area contributed by atoms with E-state index in [-0.39, 0.29) is 5.91 Å². The maximum atomic E-state index is 12.3. The molecule has 1 aliphatic rings. The maximum absolute atomic E-state index is 12.3. The molecule has 0 atom stereocenters. The van der Waals surface area contributed by atoms with Gasteiger partial charge in [-0.1, -0.05) is 12.1 Å². The molecule has 2 heterocycles. The summed E-state index contributed by atoms with van der Waals surface area (Å²) >= 11 is 1.54. The van der Waals surface area contributed by atoms with Crippen LogP contribution in [0.15, 0.2) is 41.9 Å². The molecule has 1 N–H and O–H groups in total. The summed E-state index contributed by atoms with van der Waals surface area (Å²) < 4.78 is 6.52. The largest absolute Gasteiger partial charge is 0.493 e. The third kappa shape index (κ3) is 2.44. The van der Waals surface area contributed by atoms with Crippen LogP contribution in [0.5, 0.6) is 5.75 Å². The molecule has 1 aromatic heterocycles. The quantitative estimate of drug-likeness (QED) is 0.808. The molecule has 5 heteroatoms. The predicted octanol–water partition coefficient (Wildman–Crippen LogP) is 3.16. The first-order chi connectivity index (χ1) is 10.8. The highest BCUT2D eigenvalue weighted by atomic mass is 32.1. The van der Waals surface area contributed by atoms with Crippen molar-refractivity contribution in [1.29, 1.82) is 0 Å². The van der Waals surface area contributed by atoms with Crippen molar-refractivity contribution in [2.75, 3.05) is 6.61 Å². The fourth-order valence-corrected chi connectivity index (χ4v) is 3.35. The van der Waals surface area contributed by atoms with Crippen LogP contribution in [-0.4, -0.2) is 17.5 Å². The number of hydrogen-bond acceptors (Lipinski definition) is 4. The molecule has 4 nitrogen and oxygen atoms in total. The number of nitrogens with zero attached hydrogens (tertiary/aromatic N) is 1. The fraction of sp³-hybridized carbons (Fsp3) is 0.176. The second-order valence-electron chi connectivity index (χ2n) is 5.26. The standard InChI is InChI=1S/C17H14N2O2S/c20-17(13-2-3-14-16(8-13)22-10-19-14)18-9-11-1-4-15-12(7-11)5-6-21-15/h1-4,7-8,10H,5-6,9H2,(H,18,20). The molecule has 0 spiro atoms. The zero-order valence-electron chi connectivity index (χ0n) is 11.8. The Labute approximate surface area is 131 Å². The van der Waals surface area contributed by atoms with Gasteiger partial charge in [0, 0.05) is 18.5 Å². The van der Waals surface area contributed by atoms with Gasteiger partial charge in [0.25, 0.3) is 5.91 Å². The third-order valence-corrected chi connectivity index (χ3v) is 4.59. The highest BCUT2D eigenvalue weighted by Crippen LogP contribution is 2.25. The van der Waals surface area contributed by atoms with Gasteiger partial charge in [0.2, 0.25) is 0 Å². The lowest BCUT2D eigenvalue weighted by Gasteiger charge is -2.07. The minimum atomic E-state index is -0.0629. The number of carbonyl (C=O) groups excluding carboxylic acids is 1. The lowest BCUT2D eigenvalue weighted by molar-refractivity contribution is 0.0951. The molecular weight excluding hydrogens is 296 g/mol. The van der Waals surface area contributed by atoms with Gasteiger partial charge in [0.15, 0.2) is 0 Å². The second-order valence-corrected chi connectivity index (χ2v) is 6.14. The summed E-state index contributed by atoms with van der Waals surface area (Å²) in [4.78, 5) is 16.5. The Bertz CT molecular complexity index is 857. The van der Waals surface area contributed by atoms with E-state index in [1.807, 2.05) is 30.3 Å². The van der Waals surface area contributed by atoms with Crippen molar-refractivity contribution in [2.24, 2.45) is 0 Å². The molecule has 0 fully saturated rings. The first-order valence-corrected chi connectivity index (χ1v) is 8.03. The molecule has 0 aliphatic carbocycles. The topological polar surface area (TPSA) is 51.2 Å². The van der Waals surface area contributed by atoms with Crippen LogP contribution in [0.25, 0.3) is 10.2 Å². The normalized spacial score (nSPS) is 12.9. The number of thiazole rings is 1. The van der Waals surface area contributed by atoms with E-state index in [9.17, 15) is 4.79 Å². The molecule has 1 aliphatic heterocycles. The Kier molecular flexibility index (Phi) is 3.27. The molecule has 0 saturated carbocycles. The van der Waals surface area contributed by atoms with Crippen molar-refractivity contribution in [3.05, 3.63) is 58.6 Å². The number of fused-ring (bicyclic) bond motifs is 2. The van der Waals surface area contributed by atoms with Crippen LogP contribution in [0.1, 0.15) is 21.5 Å². The number of carbonyl (C=O) groups is 1. The summed E-state index contributed by atoms with van der Waals surface area (Å²) in [5, 5.41) is 2.97. The van der Waals surface area contributed by atoms with Gasteiger partial charge in [-0.15, -0.1) is 11.3 Å². The van der Waals surface area contributed by atoms with Gasteiger partial charge in [0.1, 0.15) is 5.75 Å². The first-order valence-electron chi connectivity index (χ1n) is 7.16.